The Bertz CT molecular complexity index is 2790. The van der Waals surface area contributed by atoms with E-state index >= 15 is 26.3 Å². The van der Waals surface area contributed by atoms with Crippen molar-refractivity contribution in [3.8, 4) is 21.9 Å². The van der Waals surface area contributed by atoms with Crippen molar-refractivity contribution in [3.05, 3.63) is 177 Å². The van der Waals surface area contributed by atoms with Gasteiger partial charge < -0.3 is 14.4 Å². The lowest BCUT2D eigenvalue weighted by Crippen LogP contribution is -2.55. The normalized spacial score (nSPS) is 15.0. The fraction of sp³-hybridized carbons (Fsp3) is 0.222. The van der Waals surface area contributed by atoms with Crippen molar-refractivity contribution in [2.45, 2.75) is 66.2 Å². The van der Waals surface area contributed by atoms with Crippen LogP contribution in [0.15, 0.2) is 127 Å². The number of ether oxygens (including phenoxy) is 2. The summed E-state index contributed by atoms with van der Waals surface area (Å²) in [7, 11) is 3.17. The maximum atomic E-state index is 16.2. The first-order valence-electron chi connectivity index (χ1n) is 21.2. The van der Waals surface area contributed by atoms with Gasteiger partial charge in [0.05, 0.1) is 14.2 Å². The van der Waals surface area contributed by atoms with Crippen molar-refractivity contribution in [3.63, 3.8) is 0 Å². The lowest BCUT2D eigenvalue weighted by Gasteiger charge is -2.26. The highest BCUT2D eigenvalue weighted by molar-refractivity contribution is 7.15. The maximum absolute atomic E-state index is 16.2. The van der Waals surface area contributed by atoms with Crippen LogP contribution in [0.3, 0.4) is 0 Å². The van der Waals surface area contributed by atoms with Gasteiger partial charge in [-0.25, -0.2) is 0 Å². The fourth-order valence-corrected chi connectivity index (χ4v) is 10.7. The molecule has 332 valence electrons. The molecule has 1 heterocycles. The summed E-state index contributed by atoms with van der Waals surface area (Å²) in [5, 5.41) is 0. The quantitative estimate of drug-likeness (QED) is 0.0954. The number of hydrogen-bond acceptors (Lipinski definition) is 4. The Labute approximate surface area is 381 Å². The minimum atomic E-state index is -5.69. The van der Waals surface area contributed by atoms with Crippen molar-refractivity contribution < 1.29 is 35.8 Å². The van der Waals surface area contributed by atoms with E-state index in [0.29, 0.717) is 21.9 Å². The molecule has 65 heavy (non-hydrogen) atoms. The number of alkyl halides is 6. The molecule has 1 aromatic heterocycles. The van der Waals surface area contributed by atoms with Crippen LogP contribution in [-0.2, 0) is 0 Å². The Hall–Kier alpha value is -6.20. The number of thiophene rings is 1. The summed E-state index contributed by atoms with van der Waals surface area (Å²) in [6, 6.07) is 37.8. The smallest absolute Gasteiger partial charge is 0.380 e. The molecule has 0 saturated carbocycles. The average Bonchev–Trinajstić information content (AvgIpc) is 3.69. The number of aryl methyl sites for hydroxylation is 7. The van der Waals surface area contributed by atoms with Crippen molar-refractivity contribution in [1.29, 1.82) is 0 Å². The molecule has 11 heteroatoms. The summed E-state index contributed by atoms with van der Waals surface area (Å²) in [5.41, 5.74) is 8.62. The predicted molar refractivity (Wildman–Crippen MR) is 256 cm³/mol. The van der Waals surface area contributed by atoms with Crippen LogP contribution < -0.4 is 30.8 Å². The van der Waals surface area contributed by atoms with Gasteiger partial charge >= 0.3 is 17.8 Å². The Morgan fingerprint density at radius 1 is 0.477 bits per heavy atom. The van der Waals surface area contributed by atoms with Crippen LogP contribution in [0.2, 0.25) is 0 Å². The maximum Gasteiger partial charge on any atom is 0.380 e. The van der Waals surface area contributed by atoms with Crippen LogP contribution in [0, 0.1) is 48.5 Å². The Kier molecular flexibility index (Phi) is 11.9. The topological polar surface area (TPSA) is 21.7 Å². The van der Waals surface area contributed by atoms with E-state index < -0.39 is 34.5 Å². The molecule has 3 nitrogen and oxygen atoms in total. The highest BCUT2D eigenvalue weighted by Gasteiger charge is 2.80. The van der Waals surface area contributed by atoms with Gasteiger partial charge in [-0.3, -0.25) is 0 Å². The molecule has 1 aliphatic carbocycles. The number of rotatable bonds is 11. The molecule has 0 aliphatic heterocycles. The first-order valence-corrected chi connectivity index (χ1v) is 22.0. The number of anilines is 3. The van der Waals surface area contributed by atoms with Gasteiger partial charge in [0.15, 0.2) is 0 Å². The van der Waals surface area contributed by atoms with E-state index in [1.807, 2.05) is 107 Å². The summed E-state index contributed by atoms with van der Waals surface area (Å²) >= 11 is 1.08. The van der Waals surface area contributed by atoms with Gasteiger partial charge in [0.2, 0.25) is 6.71 Å². The van der Waals surface area contributed by atoms with Gasteiger partial charge in [-0.2, -0.15) is 26.3 Å². The molecule has 7 aromatic rings. The summed E-state index contributed by atoms with van der Waals surface area (Å²) in [5.74, 6) is -14.7. The molecule has 8 rings (SSSR count). The minimum Gasteiger partial charge on any atom is -0.497 e. The highest BCUT2D eigenvalue weighted by atomic mass is 32.1. The predicted octanol–water partition coefficient (Wildman–Crippen LogP) is 13.4. The molecule has 1 aliphatic rings. The van der Waals surface area contributed by atoms with Crippen LogP contribution in [-0.4, -0.2) is 38.7 Å². The van der Waals surface area contributed by atoms with Gasteiger partial charge in [0.1, 0.15) is 11.5 Å². The Balaban J connectivity index is 1.22. The van der Waals surface area contributed by atoms with Crippen LogP contribution in [0.5, 0.6) is 11.5 Å². The average molecular weight is 900 g/mol. The SMILES string of the molecule is COc1ccc(N(c2ccc(OC)cc2)c2ccc(-c3cc(C4=C(c5ccc(B(c6c(C)cc(C)cc6C)c6c(C)cc(C)cc6C)cc5)C(F)(F)C(F)(F)C4(F)F)c(C)s3)cc2)cc1. The summed E-state index contributed by atoms with van der Waals surface area (Å²) in [6.07, 6.45) is 0. The number of benzene rings is 6. The fourth-order valence-electron chi connectivity index (χ4n) is 9.62. The summed E-state index contributed by atoms with van der Waals surface area (Å²) in [6.45, 7) is 13.3. The second kappa shape index (κ2) is 17.0. The molecule has 6 aromatic carbocycles. The lowest BCUT2D eigenvalue weighted by atomic mass is 9.34. The number of hydrogen-bond donors (Lipinski definition) is 0. The van der Waals surface area contributed by atoms with Gasteiger partial charge in [-0.1, -0.05) is 110 Å². The van der Waals surface area contributed by atoms with E-state index in [0.717, 1.165) is 78.2 Å². The van der Waals surface area contributed by atoms with Gasteiger partial charge in [-0.05, 0) is 132 Å². The molecular weight excluding hydrogens is 851 g/mol. The van der Waals surface area contributed by atoms with Crippen LogP contribution >= 0.6 is 11.3 Å². The zero-order chi connectivity index (χ0) is 46.7. The molecule has 0 saturated heterocycles. The van der Waals surface area contributed by atoms with Crippen LogP contribution in [0.25, 0.3) is 21.6 Å². The van der Waals surface area contributed by atoms with E-state index in [4.69, 9.17) is 9.47 Å². The molecular formula is C54H48BF6NO2S. The molecule has 0 atom stereocenters. The lowest BCUT2D eigenvalue weighted by molar-refractivity contribution is -0.254. The molecule has 0 amide bonds. The highest BCUT2D eigenvalue weighted by Crippen LogP contribution is 2.65. The van der Waals surface area contributed by atoms with Crippen LogP contribution in [0.1, 0.15) is 49.4 Å². The largest absolute Gasteiger partial charge is 0.497 e. The molecule has 0 radical (unpaired) electrons. The number of halogens is 6. The second-order valence-corrected chi connectivity index (χ2v) is 18.3. The van der Waals surface area contributed by atoms with Crippen LogP contribution in [0.4, 0.5) is 43.4 Å². The van der Waals surface area contributed by atoms with Gasteiger partial charge in [-0.15, -0.1) is 11.3 Å². The van der Waals surface area contributed by atoms with Gasteiger partial charge in [0, 0.05) is 38.0 Å². The van der Waals surface area contributed by atoms with Crippen molar-refractivity contribution in [2.24, 2.45) is 0 Å². The Morgan fingerprint density at radius 2 is 0.862 bits per heavy atom. The summed E-state index contributed by atoms with van der Waals surface area (Å²) < 4.78 is 107. The first-order chi connectivity index (χ1) is 30.8. The zero-order valence-corrected chi connectivity index (χ0v) is 38.5. The third-order valence-corrected chi connectivity index (χ3v) is 13.6. The van der Waals surface area contributed by atoms with E-state index in [1.54, 1.807) is 38.5 Å². The molecule has 0 N–H and O–H groups in total. The van der Waals surface area contributed by atoms with E-state index in [-0.39, 0.29) is 17.2 Å². The molecule has 0 unspecified atom stereocenters. The number of methoxy groups -OCH3 is 2. The van der Waals surface area contributed by atoms with E-state index in [2.05, 4.69) is 24.3 Å². The third kappa shape index (κ3) is 7.81. The van der Waals surface area contributed by atoms with E-state index in [9.17, 15) is 0 Å². The minimum absolute atomic E-state index is 0.204. The third-order valence-electron chi connectivity index (χ3n) is 12.5. The molecule has 0 bridgehead atoms. The molecule has 0 spiro atoms. The summed E-state index contributed by atoms with van der Waals surface area (Å²) in [4.78, 5) is 2.67. The monoisotopic (exact) mass is 899 g/mol. The standard InChI is InChI=1S/C54H48BF6NO2S/c1-31-26-33(3)50(34(4)27-31)55(51-35(5)28-32(2)29-36(51)6)40-14-10-39(11-15-40)48-49(53(58,59)54(60,61)52(48,56)57)46-30-47(65-37(46)7)38-12-16-41(17-13-38)62(42-18-22-44(63-8)23-19-42)43-20-24-45(64-9)25-21-43/h10-30H,1-9H3. The molecule has 0 fully saturated rings. The number of allylic oxidation sites excluding steroid dienone is 2. The zero-order valence-electron chi connectivity index (χ0n) is 37.6. The van der Waals surface area contributed by atoms with Crippen molar-refractivity contribution >= 4 is 62.6 Å². The number of nitrogens with zero attached hydrogens (tertiary/aromatic N) is 1. The first kappa shape index (κ1) is 45.4. The van der Waals surface area contributed by atoms with Crippen molar-refractivity contribution in [1.82, 2.24) is 0 Å². The second-order valence-electron chi connectivity index (χ2n) is 17.0. The van der Waals surface area contributed by atoms with Gasteiger partial charge in [0.25, 0.3) is 0 Å². The van der Waals surface area contributed by atoms with E-state index in [1.165, 1.54) is 25.1 Å². The van der Waals surface area contributed by atoms with Crippen molar-refractivity contribution in [2.75, 3.05) is 19.1 Å². The Morgan fingerprint density at radius 3 is 1.28 bits per heavy atom.